The van der Waals surface area contributed by atoms with Crippen LogP contribution in [-0.4, -0.2) is 5.78 Å². The molecule has 2 nitrogen and oxygen atoms in total. The molecule has 72 valence electrons. The summed E-state index contributed by atoms with van der Waals surface area (Å²) in [6, 6.07) is 1.69. The molecule has 1 aromatic rings. The molecule has 0 aliphatic carbocycles. The van der Waals surface area contributed by atoms with Gasteiger partial charge in [-0.25, -0.2) is 0 Å². The van der Waals surface area contributed by atoms with E-state index in [4.69, 9.17) is 4.42 Å². The van der Waals surface area contributed by atoms with Crippen LogP contribution in [0.25, 0.3) is 12.2 Å². The zero-order valence-corrected chi connectivity index (χ0v) is 8.12. The van der Waals surface area contributed by atoms with Crippen molar-refractivity contribution >= 4 is 17.9 Å². The third-order valence-electron chi connectivity index (χ3n) is 1.70. The van der Waals surface area contributed by atoms with Crippen LogP contribution in [0.4, 0.5) is 0 Å². The predicted octanol–water partition coefficient (Wildman–Crippen LogP) is 1.42. The van der Waals surface area contributed by atoms with Gasteiger partial charge in [0.15, 0.2) is 11.5 Å². The lowest BCUT2D eigenvalue weighted by Crippen LogP contribution is -2.17. The molecule has 0 N–H and O–H groups in total. The minimum Gasteiger partial charge on any atom is -0.453 e. The first-order valence-electron chi connectivity index (χ1n) is 4.25. The van der Waals surface area contributed by atoms with E-state index >= 15 is 0 Å². The smallest absolute Gasteiger partial charge is 0.194 e. The van der Waals surface area contributed by atoms with Gasteiger partial charge in [-0.2, -0.15) is 0 Å². The molecule has 0 spiro atoms. The predicted molar refractivity (Wildman–Crippen MR) is 57.3 cm³/mol. The van der Waals surface area contributed by atoms with Crippen LogP contribution < -0.4 is 10.6 Å². The fraction of sp³-hybridized carbons (Fsp3) is 0.0833. The van der Waals surface area contributed by atoms with Gasteiger partial charge in [0.2, 0.25) is 0 Å². The molecule has 0 bridgehead atoms. The van der Waals surface area contributed by atoms with Gasteiger partial charge >= 0.3 is 0 Å². The Labute approximate surface area is 82.5 Å². The maximum atomic E-state index is 11.0. The van der Waals surface area contributed by atoms with E-state index in [0.29, 0.717) is 11.2 Å². The number of ketones is 1. The molecule has 0 fully saturated rings. The van der Waals surface area contributed by atoms with Crippen molar-refractivity contribution in [1.82, 2.24) is 0 Å². The number of rotatable bonds is 3. The lowest BCUT2D eigenvalue weighted by molar-refractivity contribution is 0.0985. The highest BCUT2D eigenvalue weighted by Gasteiger charge is 2.03. The highest BCUT2D eigenvalue weighted by Crippen LogP contribution is 1.92. The molecule has 1 aromatic heterocycles. The molecule has 14 heavy (non-hydrogen) atoms. The van der Waals surface area contributed by atoms with Gasteiger partial charge < -0.3 is 4.42 Å². The molecule has 0 radical (unpaired) electrons. The van der Waals surface area contributed by atoms with E-state index in [1.807, 2.05) is 0 Å². The minimum atomic E-state index is -0.0903. The largest absolute Gasteiger partial charge is 0.453 e. The Morgan fingerprint density at radius 2 is 2.00 bits per heavy atom. The van der Waals surface area contributed by atoms with Crippen molar-refractivity contribution in [2.24, 2.45) is 0 Å². The van der Waals surface area contributed by atoms with Crippen LogP contribution in [0.1, 0.15) is 17.5 Å². The fourth-order valence-corrected chi connectivity index (χ4v) is 1.09. The first kappa shape index (κ1) is 10.3. The van der Waals surface area contributed by atoms with E-state index in [-0.39, 0.29) is 5.78 Å². The quantitative estimate of drug-likeness (QED) is 0.671. The minimum absolute atomic E-state index is 0.0903. The molecule has 0 aliphatic rings. The summed E-state index contributed by atoms with van der Waals surface area (Å²) in [5.41, 5.74) is 0.630. The number of hydrogen-bond donors (Lipinski definition) is 0. The molecule has 2 heteroatoms. The topological polar surface area (TPSA) is 30.2 Å². The van der Waals surface area contributed by atoms with Crippen LogP contribution in [-0.2, 0) is 0 Å². The second-order valence-corrected chi connectivity index (χ2v) is 2.79. The summed E-state index contributed by atoms with van der Waals surface area (Å²) < 4.78 is 5.31. The average Bonchev–Trinajstić information content (AvgIpc) is 2.50. The average molecular weight is 188 g/mol. The molecule has 0 aliphatic heterocycles. The maximum Gasteiger partial charge on any atom is 0.194 e. The van der Waals surface area contributed by atoms with E-state index in [2.05, 4.69) is 13.2 Å². The van der Waals surface area contributed by atoms with E-state index in [9.17, 15) is 4.79 Å². The van der Waals surface area contributed by atoms with Crippen molar-refractivity contribution in [3.8, 4) is 0 Å². The van der Waals surface area contributed by atoms with Crippen molar-refractivity contribution in [3.05, 3.63) is 47.8 Å². The number of carbonyl (C=O) groups excluding carboxylic acids is 1. The molecule has 0 atom stereocenters. The SMILES string of the molecule is C=C/C=c1/cc(C(C)=O)o/c1=C/C=C. The van der Waals surface area contributed by atoms with Crippen LogP contribution in [0.5, 0.6) is 0 Å². The first-order chi connectivity index (χ1) is 6.69. The number of hydrogen-bond acceptors (Lipinski definition) is 2. The highest BCUT2D eigenvalue weighted by atomic mass is 16.3. The fourth-order valence-electron chi connectivity index (χ4n) is 1.09. The number of furan rings is 1. The van der Waals surface area contributed by atoms with Crippen molar-refractivity contribution in [3.63, 3.8) is 0 Å². The van der Waals surface area contributed by atoms with Gasteiger partial charge in [-0.05, 0) is 12.1 Å². The molecule has 0 saturated heterocycles. The molecule has 0 aromatic carbocycles. The van der Waals surface area contributed by atoms with E-state index < -0.39 is 0 Å². The normalized spacial score (nSPS) is 12.9. The highest BCUT2D eigenvalue weighted by molar-refractivity contribution is 5.91. The number of Topliss-reactive ketones (excluding diaryl/α,β-unsaturated/α-hetero) is 1. The third-order valence-corrected chi connectivity index (χ3v) is 1.70. The Bertz CT molecular complexity index is 437. The molecule has 0 saturated carbocycles. The lowest BCUT2D eigenvalue weighted by atomic mass is 10.3. The maximum absolute atomic E-state index is 11.0. The monoisotopic (exact) mass is 188 g/mol. The summed E-state index contributed by atoms with van der Waals surface area (Å²) >= 11 is 0. The summed E-state index contributed by atoms with van der Waals surface area (Å²) in [5.74, 6) is 0.263. The van der Waals surface area contributed by atoms with Crippen LogP contribution in [0, 0.1) is 0 Å². The van der Waals surface area contributed by atoms with Gasteiger partial charge in [-0.3, -0.25) is 4.79 Å². The standard InChI is InChI=1S/C12H12O2/c1-4-6-10-8-12(9(3)13)14-11(10)7-5-2/h4-8H,1-2H2,3H3/b10-6-,11-7+. The van der Waals surface area contributed by atoms with E-state index in [0.717, 1.165) is 5.22 Å². The first-order valence-corrected chi connectivity index (χ1v) is 4.25. The lowest BCUT2D eigenvalue weighted by Gasteiger charge is -1.81. The molecule has 0 unspecified atom stereocenters. The van der Waals surface area contributed by atoms with Crippen LogP contribution >= 0.6 is 0 Å². The second kappa shape index (κ2) is 4.42. The van der Waals surface area contributed by atoms with Crippen molar-refractivity contribution < 1.29 is 9.21 Å². The van der Waals surface area contributed by atoms with Crippen LogP contribution in [0.15, 0.2) is 35.8 Å². The zero-order valence-electron chi connectivity index (χ0n) is 8.12. The van der Waals surface area contributed by atoms with Gasteiger partial charge in [0, 0.05) is 12.1 Å². The van der Waals surface area contributed by atoms with Gasteiger partial charge in [0.25, 0.3) is 0 Å². The number of carbonyl (C=O) groups is 1. The Hall–Kier alpha value is -1.83. The molecule has 1 heterocycles. The molecular weight excluding hydrogens is 176 g/mol. The van der Waals surface area contributed by atoms with Crippen LogP contribution in [0.2, 0.25) is 0 Å². The van der Waals surface area contributed by atoms with Gasteiger partial charge in [0.05, 0.1) is 0 Å². The van der Waals surface area contributed by atoms with Gasteiger partial charge in [0.1, 0.15) is 5.42 Å². The van der Waals surface area contributed by atoms with Crippen molar-refractivity contribution in [1.29, 1.82) is 0 Å². The van der Waals surface area contributed by atoms with E-state index in [1.54, 1.807) is 30.4 Å². The summed E-state index contributed by atoms with van der Waals surface area (Å²) in [7, 11) is 0. The van der Waals surface area contributed by atoms with Gasteiger partial charge in [-0.1, -0.05) is 31.4 Å². The zero-order chi connectivity index (χ0) is 10.6. The summed E-state index contributed by atoms with van der Waals surface area (Å²) in [5, 5.41) is 0.838. The Morgan fingerprint density at radius 3 is 2.50 bits per heavy atom. The summed E-state index contributed by atoms with van der Waals surface area (Å²) in [6.45, 7) is 8.63. The summed E-state index contributed by atoms with van der Waals surface area (Å²) in [6.07, 6.45) is 6.76. The Kier molecular flexibility index (Phi) is 3.24. The molecule has 0 amide bonds. The number of allylic oxidation sites excluding steroid dienone is 2. The molecule has 1 rings (SSSR count). The Balaban J connectivity index is 3.49. The second-order valence-electron chi connectivity index (χ2n) is 2.79. The molecular formula is C12H12O2. The third kappa shape index (κ3) is 2.10. The Morgan fingerprint density at radius 1 is 1.36 bits per heavy atom. The van der Waals surface area contributed by atoms with Crippen molar-refractivity contribution in [2.45, 2.75) is 6.92 Å². The van der Waals surface area contributed by atoms with E-state index in [1.165, 1.54) is 6.92 Å². The van der Waals surface area contributed by atoms with Gasteiger partial charge in [-0.15, -0.1) is 0 Å². The van der Waals surface area contributed by atoms with Crippen molar-refractivity contribution in [2.75, 3.05) is 0 Å². The summed E-state index contributed by atoms with van der Waals surface area (Å²) in [4.78, 5) is 11.0. The van der Waals surface area contributed by atoms with Crippen LogP contribution in [0.3, 0.4) is 0 Å².